The second-order valence-corrected chi connectivity index (χ2v) is 7.00. The largest absolute Gasteiger partial charge is 0.490 e. The van der Waals surface area contributed by atoms with Gasteiger partial charge in [0.1, 0.15) is 5.82 Å². The number of nitrogens with zero attached hydrogens (tertiary/aromatic N) is 2. The Morgan fingerprint density at radius 2 is 1.71 bits per heavy atom. The van der Waals surface area contributed by atoms with Crippen LogP contribution >= 0.6 is 23.2 Å². The molecule has 0 saturated heterocycles. The fourth-order valence-corrected chi connectivity index (χ4v) is 3.31. The zero-order valence-electron chi connectivity index (χ0n) is 15.4. The van der Waals surface area contributed by atoms with E-state index in [-0.39, 0.29) is 5.91 Å². The van der Waals surface area contributed by atoms with E-state index in [0.717, 1.165) is 12.0 Å². The average Bonchev–Trinajstić information content (AvgIpc) is 2.72. The van der Waals surface area contributed by atoms with Gasteiger partial charge in [-0.15, -0.1) is 0 Å². The van der Waals surface area contributed by atoms with Crippen molar-refractivity contribution < 1.29 is 9.53 Å². The lowest BCUT2D eigenvalue weighted by Crippen LogP contribution is -2.31. The van der Waals surface area contributed by atoms with Crippen molar-refractivity contribution in [3.05, 3.63) is 88.0 Å². The predicted molar refractivity (Wildman–Crippen MR) is 113 cm³/mol. The summed E-state index contributed by atoms with van der Waals surface area (Å²) < 4.78 is 5.59. The van der Waals surface area contributed by atoms with Crippen LogP contribution < -0.4 is 9.64 Å². The first kappa shape index (κ1) is 20.2. The molecule has 1 aromatic heterocycles. The smallest absolute Gasteiger partial charge is 0.259 e. The molecule has 0 aliphatic rings. The Hall–Kier alpha value is -2.56. The van der Waals surface area contributed by atoms with Gasteiger partial charge in [-0.3, -0.25) is 9.69 Å². The Balaban J connectivity index is 1.95. The maximum absolute atomic E-state index is 13.3. The van der Waals surface area contributed by atoms with Crippen molar-refractivity contribution in [3.8, 4) is 5.75 Å². The van der Waals surface area contributed by atoms with Crippen molar-refractivity contribution in [2.24, 2.45) is 0 Å². The van der Waals surface area contributed by atoms with Gasteiger partial charge in [-0.1, -0.05) is 66.5 Å². The molecule has 0 unspecified atom stereocenters. The van der Waals surface area contributed by atoms with Crippen molar-refractivity contribution >= 4 is 34.9 Å². The highest BCUT2D eigenvalue weighted by atomic mass is 35.5. The van der Waals surface area contributed by atoms with Crippen molar-refractivity contribution in [2.75, 3.05) is 11.5 Å². The quantitative estimate of drug-likeness (QED) is 0.474. The second kappa shape index (κ2) is 9.58. The topological polar surface area (TPSA) is 42.4 Å². The molecular formula is C22H20Cl2N2O2. The van der Waals surface area contributed by atoms with Gasteiger partial charge in [0, 0.05) is 11.8 Å². The molecule has 0 spiro atoms. The molecule has 0 fully saturated rings. The number of carbonyl (C=O) groups is 1. The summed E-state index contributed by atoms with van der Waals surface area (Å²) in [5.74, 6) is 0.706. The fourth-order valence-electron chi connectivity index (χ4n) is 2.72. The number of aromatic nitrogens is 1. The number of benzene rings is 2. The van der Waals surface area contributed by atoms with Crippen LogP contribution in [0.1, 0.15) is 29.3 Å². The van der Waals surface area contributed by atoms with Crippen LogP contribution in [-0.4, -0.2) is 17.5 Å². The van der Waals surface area contributed by atoms with Crippen LogP contribution in [0, 0.1) is 0 Å². The number of halogens is 2. The van der Waals surface area contributed by atoms with E-state index in [2.05, 4.69) is 4.98 Å². The highest BCUT2D eigenvalue weighted by molar-refractivity contribution is 6.37. The van der Waals surface area contributed by atoms with Gasteiger partial charge >= 0.3 is 0 Å². The molecule has 144 valence electrons. The first-order valence-corrected chi connectivity index (χ1v) is 9.74. The molecule has 1 amide bonds. The SMILES string of the molecule is CCCOc1c(Cl)cc(C(=O)N(Cc2ccccc2)c2ccccn2)cc1Cl. The van der Waals surface area contributed by atoms with E-state index in [9.17, 15) is 4.79 Å². The molecular weight excluding hydrogens is 395 g/mol. The van der Waals surface area contributed by atoms with Gasteiger partial charge in [0.15, 0.2) is 5.75 Å². The third kappa shape index (κ3) is 4.83. The van der Waals surface area contributed by atoms with Gasteiger partial charge in [-0.25, -0.2) is 4.98 Å². The average molecular weight is 415 g/mol. The Labute approximate surface area is 174 Å². The van der Waals surface area contributed by atoms with Gasteiger partial charge < -0.3 is 4.74 Å². The molecule has 0 bridgehead atoms. The third-order valence-electron chi connectivity index (χ3n) is 4.05. The molecule has 0 saturated carbocycles. The van der Waals surface area contributed by atoms with Crippen LogP contribution in [-0.2, 0) is 6.54 Å². The number of hydrogen-bond donors (Lipinski definition) is 0. The number of amides is 1. The van der Waals surface area contributed by atoms with Crippen LogP contribution in [0.5, 0.6) is 5.75 Å². The summed E-state index contributed by atoms with van der Waals surface area (Å²) in [6, 6.07) is 18.3. The number of anilines is 1. The molecule has 0 N–H and O–H groups in total. The minimum Gasteiger partial charge on any atom is -0.490 e. The van der Waals surface area contributed by atoms with Gasteiger partial charge in [0.2, 0.25) is 0 Å². The summed E-state index contributed by atoms with van der Waals surface area (Å²) in [7, 11) is 0. The van der Waals surface area contributed by atoms with E-state index in [1.54, 1.807) is 29.3 Å². The molecule has 1 heterocycles. The lowest BCUT2D eigenvalue weighted by Gasteiger charge is -2.22. The van der Waals surface area contributed by atoms with E-state index < -0.39 is 0 Å². The zero-order valence-corrected chi connectivity index (χ0v) is 17.0. The number of ether oxygens (including phenoxy) is 1. The summed E-state index contributed by atoms with van der Waals surface area (Å²) in [6.07, 6.45) is 2.49. The van der Waals surface area contributed by atoms with Crippen molar-refractivity contribution in [1.82, 2.24) is 4.98 Å². The van der Waals surface area contributed by atoms with E-state index in [0.29, 0.717) is 40.3 Å². The Morgan fingerprint density at radius 3 is 2.32 bits per heavy atom. The van der Waals surface area contributed by atoms with Crippen LogP contribution in [0.3, 0.4) is 0 Å². The highest BCUT2D eigenvalue weighted by Crippen LogP contribution is 2.35. The Morgan fingerprint density at radius 1 is 1.04 bits per heavy atom. The monoisotopic (exact) mass is 414 g/mol. The number of rotatable bonds is 7. The van der Waals surface area contributed by atoms with E-state index in [1.165, 1.54) is 0 Å². The molecule has 0 aliphatic heterocycles. The summed E-state index contributed by atoms with van der Waals surface area (Å²) in [5.41, 5.74) is 1.36. The predicted octanol–water partition coefficient (Wildman–Crippen LogP) is 6.02. The molecule has 3 aromatic rings. The molecule has 28 heavy (non-hydrogen) atoms. The van der Waals surface area contributed by atoms with Gasteiger partial charge in [0.25, 0.3) is 5.91 Å². The van der Waals surface area contributed by atoms with Crippen LogP contribution in [0.4, 0.5) is 5.82 Å². The first-order valence-electron chi connectivity index (χ1n) is 8.98. The standard InChI is InChI=1S/C22H20Cl2N2O2/c1-2-12-28-21-18(23)13-17(14-19(21)24)22(27)26(20-10-6-7-11-25-20)15-16-8-4-3-5-9-16/h3-11,13-14H,2,12,15H2,1H3. The second-order valence-electron chi connectivity index (χ2n) is 6.18. The lowest BCUT2D eigenvalue weighted by molar-refractivity contribution is 0.0984. The van der Waals surface area contributed by atoms with Crippen LogP contribution in [0.25, 0.3) is 0 Å². The Bertz CT molecular complexity index is 911. The summed E-state index contributed by atoms with van der Waals surface area (Å²) in [6.45, 7) is 2.87. The molecule has 3 rings (SSSR count). The summed E-state index contributed by atoms with van der Waals surface area (Å²) in [4.78, 5) is 19.2. The van der Waals surface area contributed by atoms with Crippen LogP contribution in [0.15, 0.2) is 66.9 Å². The van der Waals surface area contributed by atoms with E-state index in [4.69, 9.17) is 27.9 Å². The first-order chi connectivity index (χ1) is 13.6. The normalized spacial score (nSPS) is 10.5. The number of hydrogen-bond acceptors (Lipinski definition) is 3. The van der Waals surface area contributed by atoms with Crippen LogP contribution in [0.2, 0.25) is 10.0 Å². The van der Waals surface area contributed by atoms with Crippen molar-refractivity contribution in [2.45, 2.75) is 19.9 Å². The lowest BCUT2D eigenvalue weighted by atomic mass is 10.1. The summed E-state index contributed by atoms with van der Waals surface area (Å²) in [5, 5.41) is 0.620. The molecule has 2 aromatic carbocycles. The molecule has 0 aliphatic carbocycles. The fraction of sp³-hybridized carbons (Fsp3) is 0.182. The van der Waals surface area contributed by atoms with E-state index >= 15 is 0 Å². The minimum atomic E-state index is -0.242. The van der Waals surface area contributed by atoms with Gasteiger partial charge in [0.05, 0.1) is 23.2 Å². The Kier molecular flexibility index (Phi) is 6.90. The molecule has 0 atom stereocenters. The minimum absolute atomic E-state index is 0.242. The number of carbonyl (C=O) groups excluding carboxylic acids is 1. The molecule has 0 radical (unpaired) electrons. The molecule has 6 heteroatoms. The highest BCUT2D eigenvalue weighted by Gasteiger charge is 2.22. The maximum atomic E-state index is 13.3. The van der Waals surface area contributed by atoms with Gasteiger partial charge in [-0.2, -0.15) is 0 Å². The number of pyridine rings is 1. The maximum Gasteiger partial charge on any atom is 0.259 e. The van der Waals surface area contributed by atoms with Gasteiger partial charge in [-0.05, 0) is 36.2 Å². The molecule has 4 nitrogen and oxygen atoms in total. The van der Waals surface area contributed by atoms with Crippen molar-refractivity contribution in [1.29, 1.82) is 0 Å². The van der Waals surface area contributed by atoms with Crippen molar-refractivity contribution in [3.63, 3.8) is 0 Å². The third-order valence-corrected chi connectivity index (χ3v) is 4.61. The summed E-state index contributed by atoms with van der Waals surface area (Å²) >= 11 is 12.7. The zero-order chi connectivity index (χ0) is 19.9. The van der Waals surface area contributed by atoms with E-state index in [1.807, 2.05) is 49.4 Å².